The van der Waals surface area contributed by atoms with E-state index >= 15 is 0 Å². The van der Waals surface area contributed by atoms with E-state index in [9.17, 15) is 0 Å². The molecule has 2 heterocycles. The van der Waals surface area contributed by atoms with Gasteiger partial charge in [-0.3, -0.25) is 19.4 Å². The Kier molecular flexibility index (Phi) is 13.8. The van der Waals surface area contributed by atoms with E-state index < -0.39 is 0 Å². The van der Waals surface area contributed by atoms with Crippen LogP contribution in [0.4, 0.5) is 0 Å². The molecule has 0 aromatic heterocycles. The SMILES string of the molecule is CCN1CCN(CCOc2ccccc2CN2CCC[C@]3(CCC[C@H]3OC)C2)CC1.O=CO.O=CO. The molecular weight excluding hydrogens is 462 g/mol. The summed E-state index contributed by atoms with van der Waals surface area (Å²) in [4.78, 5) is 24.4. The van der Waals surface area contributed by atoms with E-state index in [-0.39, 0.29) is 12.9 Å². The summed E-state index contributed by atoms with van der Waals surface area (Å²) in [7, 11) is 1.90. The van der Waals surface area contributed by atoms with Gasteiger partial charge in [-0.25, -0.2) is 0 Å². The molecule has 2 saturated heterocycles. The Labute approximate surface area is 216 Å². The Bertz CT molecular complexity index is 753. The van der Waals surface area contributed by atoms with Crippen LogP contribution in [0.15, 0.2) is 24.3 Å². The number of benzene rings is 1. The first-order chi connectivity index (χ1) is 17.5. The average molecular weight is 508 g/mol. The number of hydrogen-bond donors (Lipinski definition) is 2. The molecule has 0 radical (unpaired) electrons. The molecule has 2 N–H and O–H groups in total. The maximum atomic E-state index is 8.36. The van der Waals surface area contributed by atoms with E-state index in [4.69, 9.17) is 29.3 Å². The first-order valence-corrected chi connectivity index (χ1v) is 13.1. The quantitative estimate of drug-likeness (QED) is 0.514. The third-order valence-corrected chi connectivity index (χ3v) is 7.74. The van der Waals surface area contributed by atoms with E-state index in [1.807, 2.05) is 7.11 Å². The molecule has 1 aromatic carbocycles. The van der Waals surface area contributed by atoms with Crippen LogP contribution in [0.2, 0.25) is 0 Å². The van der Waals surface area contributed by atoms with Gasteiger partial charge in [-0.15, -0.1) is 0 Å². The largest absolute Gasteiger partial charge is 0.492 e. The van der Waals surface area contributed by atoms with Gasteiger partial charge in [-0.05, 0) is 44.8 Å². The molecule has 9 heteroatoms. The zero-order chi connectivity index (χ0) is 26.2. The number of nitrogens with zero attached hydrogens (tertiary/aromatic N) is 3. The van der Waals surface area contributed by atoms with Crippen molar-refractivity contribution in [1.29, 1.82) is 0 Å². The van der Waals surface area contributed by atoms with E-state index in [0.717, 1.165) is 38.5 Å². The molecule has 1 aliphatic carbocycles. The highest BCUT2D eigenvalue weighted by atomic mass is 16.5. The van der Waals surface area contributed by atoms with Crippen LogP contribution < -0.4 is 4.74 Å². The lowest BCUT2D eigenvalue weighted by atomic mass is 9.76. The molecule has 0 bridgehead atoms. The summed E-state index contributed by atoms with van der Waals surface area (Å²) in [6, 6.07) is 8.66. The lowest BCUT2D eigenvalue weighted by Crippen LogP contribution is -2.47. The number of hydrogen-bond acceptors (Lipinski definition) is 7. The molecule has 4 rings (SSSR count). The van der Waals surface area contributed by atoms with Crippen LogP contribution in [-0.2, 0) is 20.9 Å². The highest BCUT2D eigenvalue weighted by molar-refractivity contribution is 5.33. The van der Waals surface area contributed by atoms with Crippen LogP contribution in [0.3, 0.4) is 0 Å². The molecule has 0 unspecified atom stereocenters. The van der Waals surface area contributed by atoms with Crippen molar-refractivity contribution in [1.82, 2.24) is 14.7 Å². The van der Waals surface area contributed by atoms with E-state index in [2.05, 4.69) is 45.9 Å². The number of para-hydroxylation sites is 1. The Morgan fingerprint density at radius 3 is 2.28 bits per heavy atom. The molecule has 0 amide bonds. The maximum absolute atomic E-state index is 8.36. The van der Waals surface area contributed by atoms with E-state index in [1.165, 1.54) is 70.4 Å². The number of carbonyl (C=O) groups is 2. The number of carboxylic acid groups (broad SMARTS) is 2. The smallest absolute Gasteiger partial charge is 0.290 e. The first-order valence-electron chi connectivity index (χ1n) is 13.1. The predicted molar refractivity (Wildman–Crippen MR) is 139 cm³/mol. The lowest BCUT2D eigenvalue weighted by molar-refractivity contribution is -0.123. The number of likely N-dealkylation sites (N-methyl/N-ethyl adjacent to an activating group) is 1. The fraction of sp³-hybridized carbons (Fsp3) is 0.704. The third kappa shape index (κ3) is 9.03. The minimum Gasteiger partial charge on any atom is -0.492 e. The predicted octanol–water partition coefficient (Wildman–Crippen LogP) is 2.89. The van der Waals surface area contributed by atoms with Gasteiger partial charge in [0.05, 0.1) is 6.10 Å². The molecule has 2 atom stereocenters. The van der Waals surface area contributed by atoms with Crippen molar-refractivity contribution in [3.63, 3.8) is 0 Å². The molecule has 1 spiro atoms. The highest BCUT2D eigenvalue weighted by Crippen LogP contribution is 2.46. The molecule has 204 valence electrons. The first kappa shape index (κ1) is 30.0. The van der Waals surface area contributed by atoms with Crippen LogP contribution in [-0.4, -0.2) is 110 Å². The van der Waals surface area contributed by atoms with Crippen molar-refractivity contribution in [2.24, 2.45) is 5.41 Å². The molecule has 36 heavy (non-hydrogen) atoms. The second kappa shape index (κ2) is 16.5. The van der Waals surface area contributed by atoms with Gasteiger partial charge in [0.1, 0.15) is 12.4 Å². The Hall–Kier alpha value is -2.20. The van der Waals surface area contributed by atoms with Crippen LogP contribution in [0.25, 0.3) is 0 Å². The van der Waals surface area contributed by atoms with Crippen LogP contribution in [0.5, 0.6) is 5.75 Å². The zero-order valence-corrected chi connectivity index (χ0v) is 22.0. The second-order valence-corrected chi connectivity index (χ2v) is 9.74. The fourth-order valence-corrected chi connectivity index (χ4v) is 5.96. The van der Waals surface area contributed by atoms with E-state index in [1.54, 1.807) is 0 Å². The summed E-state index contributed by atoms with van der Waals surface area (Å²) in [5.74, 6) is 1.07. The van der Waals surface area contributed by atoms with Gasteiger partial charge in [-0.2, -0.15) is 0 Å². The number of piperidine rings is 1. The molecular formula is C27H45N3O6. The van der Waals surface area contributed by atoms with Gasteiger partial charge in [0.2, 0.25) is 0 Å². The fourth-order valence-electron chi connectivity index (χ4n) is 5.96. The van der Waals surface area contributed by atoms with Crippen LogP contribution in [0.1, 0.15) is 44.6 Å². The van der Waals surface area contributed by atoms with Crippen molar-refractivity contribution < 1.29 is 29.3 Å². The van der Waals surface area contributed by atoms with Crippen molar-refractivity contribution in [2.45, 2.75) is 51.7 Å². The summed E-state index contributed by atoms with van der Waals surface area (Å²) >= 11 is 0. The topological polar surface area (TPSA) is 103 Å². The normalized spacial score (nSPS) is 24.8. The Morgan fingerprint density at radius 1 is 0.972 bits per heavy atom. The minimum atomic E-state index is -0.250. The van der Waals surface area contributed by atoms with Gasteiger partial charge in [-0.1, -0.05) is 31.5 Å². The summed E-state index contributed by atoms with van der Waals surface area (Å²) in [5, 5.41) is 13.8. The van der Waals surface area contributed by atoms with Crippen LogP contribution >= 0.6 is 0 Å². The van der Waals surface area contributed by atoms with Gasteiger partial charge in [0, 0.05) is 63.9 Å². The summed E-state index contributed by atoms with van der Waals surface area (Å²) < 4.78 is 12.2. The number of ether oxygens (including phenoxy) is 2. The second-order valence-electron chi connectivity index (χ2n) is 9.74. The van der Waals surface area contributed by atoms with Crippen molar-refractivity contribution >= 4 is 12.9 Å². The number of likely N-dealkylation sites (tertiary alicyclic amines) is 1. The Morgan fingerprint density at radius 2 is 1.61 bits per heavy atom. The van der Waals surface area contributed by atoms with Gasteiger partial charge in [0.25, 0.3) is 12.9 Å². The summed E-state index contributed by atoms with van der Waals surface area (Å²) in [5.41, 5.74) is 1.71. The molecule has 3 aliphatic rings. The lowest BCUT2D eigenvalue weighted by Gasteiger charge is -2.43. The molecule has 2 aliphatic heterocycles. The third-order valence-electron chi connectivity index (χ3n) is 7.74. The maximum Gasteiger partial charge on any atom is 0.290 e. The van der Waals surface area contributed by atoms with Crippen molar-refractivity contribution in [3.05, 3.63) is 29.8 Å². The number of methoxy groups -OCH3 is 1. The monoisotopic (exact) mass is 507 g/mol. The highest BCUT2D eigenvalue weighted by Gasteiger charge is 2.45. The Balaban J connectivity index is 0.000000693. The minimum absolute atomic E-state index is 0.250. The average Bonchev–Trinajstić information content (AvgIpc) is 3.27. The number of piperazine rings is 1. The standard InChI is InChI=1S/C25H41N3O2.2CH2O2/c1-3-26-14-16-27(17-15-26)18-19-30-23-9-5-4-8-22(23)20-28-13-7-12-25(21-28)11-6-10-24(25)29-2;2*2-1-3/h4-5,8-9,24H,3,6-7,10-21H2,1-2H3;2*1H,(H,2,3)/t24-,25-;;/m1../s1. The number of rotatable bonds is 8. The van der Waals surface area contributed by atoms with Gasteiger partial charge in [0.15, 0.2) is 0 Å². The van der Waals surface area contributed by atoms with Crippen LogP contribution in [0, 0.1) is 5.41 Å². The molecule has 3 fully saturated rings. The van der Waals surface area contributed by atoms with Gasteiger partial charge < -0.3 is 24.6 Å². The van der Waals surface area contributed by atoms with Crippen molar-refractivity contribution in [2.75, 3.05) is 66.1 Å². The van der Waals surface area contributed by atoms with Gasteiger partial charge >= 0.3 is 0 Å². The van der Waals surface area contributed by atoms with Crippen molar-refractivity contribution in [3.8, 4) is 5.75 Å². The zero-order valence-electron chi connectivity index (χ0n) is 22.0. The molecule has 1 aromatic rings. The molecule has 1 saturated carbocycles. The summed E-state index contributed by atoms with van der Waals surface area (Å²) in [6.07, 6.45) is 6.93. The molecule has 9 nitrogen and oxygen atoms in total. The van der Waals surface area contributed by atoms with E-state index in [0.29, 0.717) is 11.5 Å². The summed E-state index contributed by atoms with van der Waals surface area (Å²) in [6.45, 7) is 12.8.